The molecule has 0 bridgehead atoms. The third-order valence-corrected chi connectivity index (χ3v) is 7.52. The van der Waals surface area contributed by atoms with Crippen LogP contribution in [0, 0.1) is 5.82 Å². The first-order valence-corrected chi connectivity index (χ1v) is 11.0. The zero-order valence-corrected chi connectivity index (χ0v) is 16.0. The zero-order valence-electron chi connectivity index (χ0n) is 14.4. The molecule has 0 spiro atoms. The number of nitrogens with one attached hydrogen (secondary N) is 2. The molecule has 27 heavy (non-hydrogen) atoms. The fraction of sp³-hybridized carbons (Fsp3) is 0.333. The fourth-order valence-electron chi connectivity index (χ4n) is 3.07. The molecule has 1 aliphatic carbocycles. The molecule has 0 radical (unpaired) electrons. The summed E-state index contributed by atoms with van der Waals surface area (Å²) in [6, 6.07) is 4.75. The van der Waals surface area contributed by atoms with Gasteiger partial charge in [-0.15, -0.1) is 0 Å². The smallest absolute Gasteiger partial charge is 0.267 e. The summed E-state index contributed by atoms with van der Waals surface area (Å²) in [5.74, 6) is -2.33. The second-order valence-electron chi connectivity index (χ2n) is 6.37. The van der Waals surface area contributed by atoms with Crippen LogP contribution in [0.1, 0.15) is 52.8 Å². The highest BCUT2D eigenvalue weighted by molar-refractivity contribution is 7.92. The number of hydrogen-bond donors (Lipinski definition) is 2. The minimum absolute atomic E-state index is 0.0786. The quantitative estimate of drug-likeness (QED) is 0.599. The highest BCUT2D eigenvalue weighted by atomic mass is 32.2. The van der Waals surface area contributed by atoms with E-state index < -0.39 is 38.3 Å². The number of halogens is 1. The monoisotopic (exact) mass is 410 g/mol. The molecule has 6 nitrogen and oxygen atoms in total. The fourth-order valence-corrected chi connectivity index (χ4v) is 5.58. The van der Waals surface area contributed by atoms with Gasteiger partial charge in [0.15, 0.2) is 9.84 Å². The summed E-state index contributed by atoms with van der Waals surface area (Å²) in [4.78, 5) is 24.0. The van der Waals surface area contributed by atoms with Gasteiger partial charge in [-0.2, -0.15) is 11.3 Å². The number of rotatable bonds is 4. The van der Waals surface area contributed by atoms with Gasteiger partial charge in [-0.25, -0.2) is 12.8 Å². The Bertz CT molecular complexity index is 936. The molecule has 1 aromatic heterocycles. The second kappa shape index (κ2) is 8.18. The van der Waals surface area contributed by atoms with Crippen molar-refractivity contribution in [3.8, 4) is 0 Å². The summed E-state index contributed by atoms with van der Waals surface area (Å²) in [5, 5.41) is 2.79. The summed E-state index contributed by atoms with van der Waals surface area (Å²) in [6.45, 7) is 0. The predicted octanol–water partition coefficient (Wildman–Crippen LogP) is 3.07. The third kappa shape index (κ3) is 4.36. The normalized spacial score (nSPS) is 15.3. The molecule has 0 atom stereocenters. The van der Waals surface area contributed by atoms with Crippen LogP contribution in [0.3, 0.4) is 0 Å². The maximum absolute atomic E-state index is 14.1. The molecule has 0 aliphatic heterocycles. The van der Waals surface area contributed by atoms with E-state index in [1.807, 2.05) is 0 Å². The molecule has 1 heterocycles. The molecule has 3 rings (SSSR count). The number of hydrogen-bond acceptors (Lipinski definition) is 5. The summed E-state index contributed by atoms with van der Waals surface area (Å²) >= 11 is 1.32. The van der Waals surface area contributed by atoms with Gasteiger partial charge in [-0.1, -0.05) is 19.3 Å². The maximum Gasteiger partial charge on any atom is 0.272 e. The van der Waals surface area contributed by atoms with E-state index in [2.05, 4.69) is 10.9 Å². The van der Waals surface area contributed by atoms with Crippen LogP contribution >= 0.6 is 11.3 Å². The van der Waals surface area contributed by atoms with E-state index in [-0.39, 0.29) is 4.90 Å². The highest BCUT2D eigenvalue weighted by Gasteiger charge is 2.30. The van der Waals surface area contributed by atoms with Crippen molar-refractivity contribution in [2.75, 3.05) is 0 Å². The van der Waals surface area contributed by atoms with Crippen LogP contribution < -0.4 is 10.9 Å². The van der Waals surface area contributed by atoms with Gasteiger partial charge in [-0.05, 0) is 42.5 Å². The van der Waals surface area contributed by atoms with Gasteiger partial charge in [0.25, 0.3) is 11.8 Å². The van der Waals surface area contributed by atoms with Crippen molar-refractivity contribution in [3.05, 3.63) is 52.0 Å². The van der Waals surface area contributed by atoms with Gasteiger partial charge < -0.3 is 0 Å². The molecular weight excluding hydrogens is 391 g/mol. The number of sulfone groups is 1. The molecule has 1 saturated carbocycles. The number of amides is 2. The molecule has 2 N–H and O–H groups in total. The number of hydrazine groups is 1. The second-order valence-corrected chi connectivity index (χ2v) is 9.38. The Balaban J connectivity index is 1.76. The number of thiophene rings is 1. The molecule has 1 aromatic carbocycles. The summed E-state index contributed by atoms with van der Waals surface area (Å²) < 4.78 is 39.6. The Kier molecular flexibility index (Phi) is 5.91. The van der Waals surface area contributed by atoms with Crippen molar-refractivity contribution < 1.29 is 22.4 Å². The van der Waals surface area contributed by atoms with Crippen LogP contribution in [0.2, 0.25) is 0 Å². The van der Waals surface area contributed by atoms with Crippen molar-refractivity contribution in [2.24, 2.45) is 0 Å². The van der Waals surface area contributed by atoms with Gasteiger partial charge in [-0.3, -0.25) is 20.4 Å². The lowest BCUT2D eigenvalue weighted by molar-refractivity contribution is 0.0844. The maximum atomic E-state index is 14.1. The molecule has 2 amide bonds. The van der Waals surface area contributed by atoms with E-state index in [9.17, 15) is 22.4 Å². The first-order valence-electron chi connectivity index (χ1n) is 8.56. The molecule has 0 unspecified atom stereocenters. The number of benzene rings is 1. The standard InChI is InChI=1S/C18H19FN2O4S2/c19-16-7-6-14(27(24,25)13-4-2-1-3-5-13)10-15(16)18(23)21-20-17(22)12-8-9-26-11-12/h6-11,13H,1-5H2,(H,20,22)(H,21,23). The van der Waals surface area contributed by atoms with E-state index in [1.54, 1.807) is 16.8 Å². The third-order valence-electron chi connectivity index (χ3n) is 4.57. The summed E-state index contributed by atoms with van der Waals surface area (Å²) in [6.07, 6.45) is 3.82. The first-order chi connectivity index (χ1) is 12.9. The van der Waals surface area contributed by atoms with E-state index >= 15 is 0 Å². The molecule has 144 valence electrons. The summed E-state index contributed by atoms with van der Waals surface area (Å²) in [5.41, 5.74) is 4.22. The van der Waals surface area contributed by atoms with Gasteiger partial charge >= 0.3 is 0 Å². The van der Waals surface area contributed by atoms with Crippen LogP contribution in [0.25, 0.3) is 0 Å². The van der Waals surface area contributed by atoms with E-state index in [1.165, 1.54) is 17.4 Å². The minimum atomic E-state index is -3.63. The molecule has 1 fully saturated rings. The van der Waals surface area contributed by atoms with E-state index in [0.29, 0.717) is 18.4 Å². The Hall–Kier alpha value is -2.26. The SMILES string of the molecule is O=C(NNC(=O)c1cc(S(=O)(=O)C2CCCCC2)ccc1F)c1ccsc1. The first kappa shape index (κ1) is 19.5. The predicted molar refractivity (Wildman–Crippen MR) is 99.7 cm³/mol. The summed E-state index contributed by atoms with van der Waals surface area (Å²) in [7, 11) is -3.63. The van der Waals surface area contributed by atoms with Crippen LogP contribution in [0.15, 0.2) is 39.9 Å². The molecule has 0 saturated heterocycles. The lowest BCUT2D eigenvalue weighted by Gasteiger charge is -2.22. The molecule has 1 aliphatic rings. The lowest BCUT2D eigenvalue weighted by atomic mass is 10.0. The van der Waals surface area contributed by atoms with Crippen LogP contribution in [0.4, 0.5) is 4.39 Å². The van der Waals surface area contributed by atoms with Crippen molar-refractivity contribution >= 4 is 33.0 Å². The van der Waals surface area contributed by atoms with Crippen LogP contribution in [0.5, 0.6) is 0 Å². The highest BCUT2D eigenvalue weighted by Crippen LogP contribution is 2.29. The van der Waals surface area contributed by atoms with E-state index in [4.69, 9.17) is 0 Å². The molecule has 2 aromatic rings. The van der Waals surface area contributed by atoms with Gasteiger partial charge in [0.05, 0.1) is 21.3 Å². The zero-order chi connectivity index (χ0) is 19.4. The Labute approximate surface area is 160 Å². The number of carbonyl (C=O) groups excluding carboxylic acids is 2. The largest absolute Gasteiger partial charge is 0.272 e. The van der Waals surface area contributed by atoms with Crippen molar-refractivity contribution in [1.29, 1.82) is 0 Å². The Morgan fingerprint density at radius 1 is 1.04 bits per heavy atom. The van der Waals surface area contributed by atoms with Crippen LogP contribution in [-0.2, 0) is 9.84 Å². The van der Waals surface area contributed by atoms with Gasteiger partial charge in [0.2, 0.25) is 0 Å². The minimum Gasteiger partial charge on any atom is -0.267 e. The average Bonchev–Trinajstić information content (AvgIpc) is 3.21. The Morgan fingerprint density at radius 3 is 2.41 bits per heavy atom. The van der Waals surface area contributed by atoms with Gasteiger partial charge in [0, 0.05) is 5.38 Å². The molecule has 9 heteroatoms. The van der Waals surface area contributed by atoms with Crippen LogP contribution in [-0.4, -0.2) is 25.5 Å². The average molecular weight is 410 g/mol. The van der Waals surface area contributed by atoms with Crippen molar-refractivity contribution in [3.63, 3.8) is 0 Å². The number of carbonyl (C=O) groups is 2. The Morgan fingerprint density at radius 2 is 1.74 bits per heavy atom. The topological polar surface area (TPSA) is 92.3 Å². The van der Waals surface area contributed by atoms with Gasteiger partial charge in [0.1, 0.15) is 5.82 Å². The van der Waals surface area contributed by atoms with Crippen molar-refractivity contribution in [2.45, 2.75) is 42.2 Å². The van der Waals surface area contributed by atoms with E-state index in [0.717, 1.165) is 31.4 Å². The molecular formula is C18H19FN2O4S2. The lowest BCUT2D eigenvalue weighted by Crippen LogP contribution is -2.41. The van der Waals surface area contributed by atoms with Crippen molar-refractivity contribution in [1.82, 2.24) is 10.9 Å².